The Hall–Kier alpha value is -2.28. The summed E-state index contributed by atoms with van der Waals surface area (Å²) < 4.78 is 0. The summed E-state index contributed by atoms with van der Waals surface area (Å²) in [6, 6.07) is 0. The summed E-state index contributed by atoms with van der Waals surface area (Å²) in [6.07, 6.45) is 4.70. The maximum atomic E-state index is 11.8. The first-order chi connectivity index (χ1) is 9.08. The molecule has 1 aromatic heterocycles. The van der Waals surface area contributed by atoms with Crippen LogP contribution in [-0.4, -0.2) is 28.7 Å². The standard InChI is InChI=1S/C12H13N3O3S/c1-3-4-8(6-13-2)15-10(16)5-9-11(12(17)18)19-7-14-9/h3-4,6-7H,2,5H2,1H3,(H,15,16)(H,17,18)/b4-3-,8-6+. The van der Waals surface area contributed by atoms with Crippen molar-refractivity contribution in [3.8, 4) is 0 Å². The van der Waals surface area contributed by atoms with Crippen LogP contribution in [0.3, 0.4) is 0 Å². The van der Waals surface area contributed by atoms with Gasteiger partial charge in [0.25, 0.3) is 0 Å². The zero-order valence-electron chi connectivity index (χ0n) is 10.3. The van der Waals surface area contributed by atoms with Gasteiger partial charge in [-0.05, 0) is 19.7 Å². The third kappa shape index (κ3) is 4.47. The first-order valence-electron chi connectivity index (χ1n) is 5.32. The predicted molar refractivity (Wildman–Crippen MR) is 73.4 cm³/mol. The molecule has 0 aromatic carbocycles. The van der Waals surface area contributed by atoms with Crippen LogP contribution >= 0.6 is 11.3 Å². The lowest BCUT2D eigenvalue weighted by molar-refractivity contribution is -0.119. The second kappa shape index (κ2) is 7.22. The van der Waals surface area contributed by atoms with E-state index < -0.39 is 5.97 Å². The van der Waals surface area contributed by atoms with Gasteiger partial charge in [0.1, 0.15) is 4.88 Å². The fourth-order valence-corrected chi connectivity index (χ4v) is 1.97. The minimum atomic E-state index is -1.08. The first-order valence-corrected chi connectivity index (χ1v) is 6.20. The molecule has 0 atom stereocenters. The fourth-order valence-electron chi connectivity index (χ4n) is 1.32. The summed E-state index contributed by atoms with van der Waals surface area (Å²) in [4.78, 5) is 30.2. The summed E-state index contributed by atoms with van der Waals surface area (Å²) in [5.74, 6) is -1.44. The van der Waals surface area contributed by atoms with Gasteiger partial charge in [0, 0.05) is 6.20 Å². The molecular formula is C12H13N3O3S. The monoisotopic (exact) mass is 279 g/mol. The molecule has 0 spiro atoms. The van der Waals surface area contributed by atoms with Crippen molar-refractivity contribution in [2.24, 2.45) is 4.99 Å². The van der Waals surface area contributed by atoms with Crippen molar-refractivity contribution in [2.75, 3.05) is 0 Å². The molecule has 1 aromatic rings. The molecule has 1 rings (SSSR count). The SMILES string of the molecule is C=N/C=C(\C=C/C)NC(=O)Cc1ncsc1C(=O)O. The van der Waals surface area contributed by atoms with Gasteiger partial charge in [-0.3, -0.25) is 9.79 Å². The van der Waals surface area contributed by atoms with Crippen LogP contribution in [0.2, 0.25) is 0 Å². The molecule has 1 heterocycles. The Morgan fingerprint density at radius 3 is 2.95 bits per heavy atom. The third-order valence-electron chi connectivity index (χ3n) is 2.02. The maximum Gasteiger partial charge on any atom is 0.347 e. The number of aromatic nitrogens is 1. The molecule has 2 N–H and O–H groups in total. The van der Waals surface area contributed by atoms with E-state index in [2.05, 4.69) is 22.0 Å². The van der Waals surface area contributed by atoms with E-state index in [-0.39, 0.29) is 22.9 Å². The fraction of sp³-hybridized carbons (Fsp3) is 0.167. The molecule has 0 bridgehead atoms. The molecule has 100 valence electrons. The number of aliphatic imine (C=N–C) groups is 1. The van der Waals surface area contributed by atoms with Crippen molar-refractivity contribution in [2.45, 2.75) is 13.3 Å². The highest BCUT2D eigenvalue weighted by atomic mass is 32.1. The number of carbonyl (C=O) groups excluding carboxylic acids is 1. The van der Waals surface area contributed by atoms with Crippen LogP contribution in [-0.2, 0) is 11.2 Å². The molecule has 0 saturated carbocycles. The number of hydrogen-bond donors (Lipinski definition) is 2. The molecule has 0 radical (unpaired) electrons. The number of aromatic carboxylic acids is 1. The van der Waals surface area contributed by atoms with Gasteiger partial charge in [0.05, 0.1) is 23.3 Å². The number of nitrogens with zero attached hydrogens (tertiary/aromatic N) is 2. The summed E-state index contributed by atoms with van der Waals surface area (Å²) in [6.45, 7) is 5.10. The van der Waals surface area contributed by atoms with Gasteiger partial charge in [-0.2, -0.15) is 0 Å². The van der Waals surface area contributed by atoms with E-state index in [0.29, 0.717) is 5.70 Å². The van der Waals surface area contributed by atoms with Gasteiger partial charge < -0.3 is 10.4 Å². The van der Waals surface area contributed by atoms with Crippen LogP contribution in [0, 0.1) is 0 Å². The van der Waals surface area contributed by atoms with E-state index >= 15 is 0 Å². The van der Waals surface area contributed by atoms with Crippen molar-refractivity contribution >= 4 is 29.9 Å². The van der Waals surface area contributed by atoms with Gasteiger partial charge >= 0.3 is 5.97 Å². The lowest BCUT2D eigenvalue weighted by Crippen LogP contribution is -2.24. The van der Waals surface area contributed by atoms with Crippen molar-refractivity contribution < 1.29 is 14.7 Å². The maximum absolute atomic E-state index is 11.8. The van der Waals surface area contributed by atoms with Crippen molar-refractivity contribution in [3.63, 3.8) is 0 Å². The Morgan fingerprint density at radius 2 is 2.37 bits per heavy atom. The minimum Gasteiger partial charge on any atom is -0.477 e. The van der Waals surface area contributed by atoms with Crippen LogP contribution in [0.4, 0.5) is 0 Å². The number of amides is 1. The van der Waals surface area contributed by atoms with Crippen LogP contribution in [0.5, 0.6) is 0 Å². The van der Waals surface area contributed by atoms with Crippen molar-refractivity contribution in [3.05, 3.63) is 40.1 Å². The average molecular weight is 279 g/mol. The largest absolute Gasteiger partial charge is 0.477 e. The van der Waals surface area contributed by atoms with Crippen LogP contribution in [0.15, 0.2) is 34.6 Å². The lowest BCUT2D eigenvalue weighted by atomic mass is 10.2. The van der Waals surface area contributed by atoms with Gasteiger partial charge in [0.2, 0.25) is 5.91 Å². The van der Waals surface area contributed by atoms with E-state index in [4.69, 9.17) is 5.11 Å². The van der Waals surface area contributed by atoms with Gasteiger partial charge in [-0.1, -0.05) is 6.08 Å². The topological polar surface area (TPSA) is 91.7 Å². The molecule has 6 nitrogen and oxygen atoms in total. The number of thiazole rings is 1. The Balaban J connectivity index is 2.74. The third-order valence-corrected chi connectivity index (χ3v) is 2.88. The molecule has 0 unspecified atom stereocenters. The molecule has 0 fully saturated rings. The number of carboxylic acid groups (broad SMARTS) is 1. The number of hydrogen-bond acceptors (Lipinski definition) is 5. The number of nitrogens with one attached hydrogen (secondary N) is 1. The molecular weight excluding hydrogens is 266 g/mol. The Kier molecular flexibility index (Phi) is 5.62. The Bertz CT molecular complexity index is 546. The second-order valence-corrected chi connectivity index (χ2v) is 4.28. The van der Waals surface area contributed by atoms with Gasteiger partial charge in [-0.25, -0.2) is 9.78 Å². The van der Waals surface area contributed by atoms with Crippen LogP contribution in [0.1, 0.15) is 22.3 Å². The molecule has 7 heteroatoms. The van der Waals surface area contributed by atoms with Crippen LogP contribution in [0.25, 0.3) is 0 Å². The normalized spacial score (nSPS) is 11.5. The summed E-state index contributed by atoms with van der Waals surface area (Å²) >= 11 is 0.991. The molecule has 0 aliphatic rings. The van der Waals surface area contributed by atoms with E-state index in [0.717, 1.165) is 11.3 Å². The summed E-state index contributed by atoms with van der Waals surface area (Å²) in [7, 11) is 0. The van der Waals surface area contributed by atoms with E-state index in [1.807, 2.05) is 0 Å². The van der Waals surface area contributed by atoms with Gasteiger partial charge in [0.15, 0.2) is 0 Å². The number of allylic oxidation sites excluding steroid dienone is 2. The summed E-state index contributed by atoms with van der Waals surface area (Å²) in [5, 5.41) is 11.5. The Morgan fingerprint density at radius 1 is 1.63 bits per heavy atom. The molecule has 0 aliphatic carbocycles. The average Bonchev–Trinajstić information content (AvgIpc) is 2.77. The van der Waals surface area contributed by atoms with E-state index in [1.165, 1.54) is 11.7 Å². The molecule has 0 saturated heterocycles. The van der Waals surface area contributed by atoms with Crippen molar-refractivity contribution in [1.82, 2.24) is 10.3 Å². The highest BCUT2D eigenvalue weighted by Gasteiger charge is 2.16. The van der Waals surface area contributed by atoms with E-state index in [1.54, 1.807) is 19.1 Å². The zero-order valence-corrected chi connectivity index (χ0v) is 11.1. The second-order valence-electron chi connectivity index (χ2n) is 3.43. The van der Waals surface area contributed by atoms with Gasteiger partial charge in [-0.15, -0.1) is 11.3 Å². The van der Waals surface area contributed by atoms with Crippen molar-refractivity contribution in [1.29, 1.82) is 0 Å². The molecule has 0 aliphatic heterocycles. The Labute approximate surface area is 114 Å². The van der Waals surface area contributed by atoms with E-state index in [9.17, 15) is 9.59 Å². The predicted octanol–water partition coefficient (Wildman–Crippen LogP) is 1.62. The lowest BCUT2D eigenvalue weighted by Gasteiger charge is -2.04. The molecule has 19 heavy (non-hydrogen) atoms. The smallest absolute Gasteiger partial charge is 0.347 e. The number of carboxylic acids is 1. The van der Waals surface area contributed by atoms with Crippen LogP contribution < -0.4 is 5.32 Å². The highest BCUT2D eigenvalue weighted by molar-refractivity contribution is 7.11. The number of carbonyl (C=O) groups is 2. The summed E-state index contributed by atoms with van der Waals surface area (Å²) in [5.41, 5.74) is 2.14. The quantitative estimate of drug-likeness (QED) is 0.611. The number of rotatable bonds is 6. The first kappa shape index (κ1) is 14.8. The highest BCUT2D eigenvalue weighted by Crippen LogP contribution is 2.13. The minimum absolute atomic E-state index is 0.0774. The zero-order chi connectivity index (χ0) is 14.3. The molecule has 1 amide bonds.